The molecule has 0 radical (unpaired) electrons. The van der Waals surface area contributed by atoms with Crippen LogP contribution in [0.25, 0.3) is 11.3 Å². The molecule has 1 nitrogen and oxygen atoms in total. The average molecular weight is 359 g/mol. The smallest absolute Gasteiger partial charge is 0.243 e. The van der Waals surface area contributed by atoms with Crippen molar-refractivity contribution in [2.24, 2.45) is 0 Å². The van der Waals surface area contributed by atoms with Gasteiger partial charge in [0, 0.05) is 5.56 Å². The van der Waals surface area contributed by atoms with Gasteiger partial charge in [0.05, 0.1) is 11.3 Å². The van der Waals surface area contributed by atoms with E-state index >= 15 is 0 Å². The average Bonchev–Trinajstić information content (AvgIpc) is 2.45. The van der Waals surface area contributed by atoms with Gasteiger partial charge in [0.25, 0.3) is 0 Å². The highest BCUT2D eigenvalue weighted by molar-refractivity contribution is 5.60. The maximum atomic E-state index is 13.7. The summed E-state index contributed by atoms with van der Waals surface area (Å²) in [6.45, 7) is 0. The standard InChI is InChI=1S/C14H6F9N/c15-10-8(13(18,19)20)6-9(7-4-2-1-3-5-7)24-11(10)12(16,17)14(21,22)23/h1-6H. The van der Waals surface area contributed by atoms with Crippen molar-refractivity contribution >= 4 is 0 Å². The Labute approximate surface area is 128 Å². The number of pyridine rings is 1. The molecule has 0 fully saturated rings. The zero-order chi connectivity index (χ0) is 18.3. The molecule has 0 atom stereocenters. The fraction of sp³-hybridized carbons (Fsp3) is 0.214. The van der Waals surface area contributed by atoms with E-state index in [4.69, 9.17) is 0 Å². The minimum atomic E-state index is -6.31. The van der Waals surface area contributed by atoms with Crippen molar-refractivity contribution in [3.05, 3.63) is 53.5 Å². The summed E-state index contributed by atoms with van der Waals surface area (Å²) in [6, 6.07) is 6.39. The number of hydrogen-bond donors (Lipinski definition) is 0. The Morgan fingerprint density at radius 2 is 1.33 bits per heavy atom. The van der Waals surface area contributed by atoms with Crippen molar-refractivity contribution < 1.29 is 39.5 Å². The topological polar surface area (TPSA) is 12.9 Å². The largest absolute Gasteiger partial charge is 0.459 e. The molecule has 0 amide bonds. The summed E-state index contributed by atoms with van der Waals surface area (Å²) in [5.41, 5.74) is -5.91. The molecule has 1 heterocycles. The molecule has 0 aliphatic carbocycles. The zero-order valence-corrected chi connectivity index (χ0v) is 11.3. The SMILES string of the molecule is Fc1c(C(F)(F)F)cc(-c2ccccc2)nc1C(F)(F)C(F)(F)F. The molecule has 1 aromatic heterocycles. The van der Waals surface area contributed by atoms with Crippen LogP contribution in [0.3, 0.4) is 0 Å². The van der Waals surface area contributed by atoms with E-state index in [1.165, 1.54) is 18.2 Å². The molecular weight excluding hydrogens is 353 g/mol. The third-order valence-corrected chi connectivity index (χ3v) is 2.99. The second kappa shape index (κ2) is 5.67. The lowest BCUT2D eigenvalue weighted by molar-refractivity contribution is -0.292. The predicted octanol–water partition coefficient (Wildman–Crippen LogP) is 5.56. The van der Waals surface area contributed by atoms with E-state index in [2.05, 4.69) is 4.98 Å². The summed E-state index contributed by atoms with van der Waals surface area (Å²) in [6.07, 6.45) is -11.8. The van der Waals surface area contributed by atoms with Crippen molar-refractivity contribution in [3.63, 3.8) is 0 Å². The highest BCUT2D eigenvalue weighted by atomic mass is 19.4. The van der Waals surface area contributed by atoms with Crippen LogP contribution in [0.4, 0.5) is 39.5 Å². The van der Waals surface area contributed by atoms with Gasteiger partial charge in [-0.2, -0.15) is 35.1 Å². The van der Waals surface area contributed by atoms with Crippen LogP contribution >= 0.6 is 0 Å². The van der Waals surface area contributed by atoms with Gasteiger partial charge in [-0.1, -0.05) is 30.3 Å². The number of benzene rings is 1. The molecule has 130 valence electrons. The first-order valence-corrected chi connectivity index (χ1v) is 6.14. The van der Waals surface area contributed by atoms with E-state index in [1.807, 2.05) is 0 Å². The van der Waals surface area contributed by atoms with E-state index in [0.29, 0.717) is 0 Å². The van der Waals surface area contributed by atoms with E-state index in [1.54, 1.807) is 0 Å². The Hall–Kier alpha value is -2.26. The summed E-state index contributed by atoms with van der Waals surface area (Å²) >= 11 is 0. The minimum absolute atomic E-state index is 0.0839. The summed E-state index contributed by atoms with van der Waals surface area (Å²) < 4.78 is 116. The first-order chi connectivity index (χ1) is 10.9. The molecule has 2 rings (SSSR count). The van der Waals surface area contributed by atoms with Crippen molar-refractivity contribution in [1.29, 1.82) is 0 Å². The molecule has 0 aliphatic heterocycles. The Morgan fingerprint density at radius 1 is 0.792 bits per heavy atom. The van der Waals surface area contributed by atoms with Gasteiger partial charge < -0.3 is 0 Å². The molecule has 0 spiro atoms. The van der Waals surface area contributed by atoms with E-state index in [9.17, 15) is 39.5 Å². The van der Waals surface area contributed by atoms with Crippen LogP contribution in [0.2, 0.25) is 0 Å². The van der Waals surface area contributed by atoms with Crippen LogP contribution in [-0.4, -0.2) is 11.2 Å². The number of nitrogens with zero attached hydrogens (tertiary/aromatic N) is 1. The van der Waals surface area contributed by atoms with Crippen LogP contribution in [-0.2, 0) is 12.1 Å². The number of aromatic nitrogens is 1. The lowest BCUT2D eigenvalue weighted by atomic mass is 10.0. The molecule has 0 aliphatic rings. The molecule has 1 aromatic carbocycles. The monoisotopic (exact) mass is 359 g/mol. The zero-order valence-electron chi connectivity index (χ0n) is 11.3. The molecule has 10 heteroatoms. The molecular formula is C14H6F9N. The van der Waals surface area contributed by atoms with Crippen molar-refractivity contribution in [3.8, 4) is 11.3 Å². The van der Waals surface area contributed by atoms with Gasteiger partial charge in [0.2, 0.25) is 0 Å². The van der Waals surface area contributed by atoms with Crippen LogP contribution in [0.1, 0.15) is 11.3 Å². The molecule has 0 N–H and O–H groups in total. The summed E-state index contributed by atoms with van der Waals surface area (Å²) in [5.74, 6) is -8.65. The van der Waals surface area contributed by atoms with E-state index in [-0.39, 0.29) is 11.6 Å². The predicted molar refractivity (Wildman–Crippen MR) is 64.6 cm³/mol. The van der Waals surface area contributed by atoms with Gasteiger partial charge in [0.15, 0.2) is 11.5 Å². The second-order valence-corrected chi connectivity index (χ2v) is 4.65. The van der Waals surface area contributed by atoms with Gasteiger partial charge in [-0.15, -0.1) is 0 Å². The first-order valence-electron chi connectivity index (χ1n) is 6.14. The Bertz CT molecular complexity index is 732. The third kappa shape index (κ3) is 3.17. The Morgan fingerprint density at radius 3 is 1.79 bits per heavy atom. The number of hydrogen-bond acceptors (Lipinski definition) is 1. The number of halogens is 9. The van der Waals surface area contributed by atoms with E-state index < -0.39 is 41.0 Å². The fourth-order valence-electron chi connectivity index (χ4n) is 1.83. The van der Waals surface area contributed by atoms with E-state index in [0.717, 1.165) is 12.1 Å². The maximum Gasteiger partial charge on any atom is 0.459 e. The molecule has 0 saturated heterocycles. The van der Waals surface area contributed by atoms with Crippen LogP contribution in [0, 0.1) is 5.82 Å². The second-order valence-electron chi connectivity index (χ2n) is 4.65. The fourth-order valence-corrected chi connectivity index (χ4v) is 1.83. The van der Waals surface area contributed by atoms with Gasteiger partial charge in [-0.3, -0.25) is 0 Å². The lowest BCUT2D eigenvalue weighted by Gasteiger charge is -2.22. The lowest BCUT2D eigenvalue weighted by Crippen LogP contribution is -2.36. The third-order valence-electron chi connectivity index (χ3n) is 2.99. The summed E-state index contributed by atoms with van der Waals surface area (Å²) in [7, 11) is 0. The highest BCUT2D eigenvalue weighted by Gasteiger charge is 2.62. The molecule has 2 aromatic rings. The van der Waals surface area contributed by atoms with Crippen molar-refractivity contribution in [2.45, 2.75) is 18.3 Å². The molecule has 0 saturated carbocycles. The number of alkyl halides is 8. The van der Waals surface area contributed by atoms with Crippen molar-refractivity contribution in [1.82, 2.24) is 4.98 Å². The normalized spacial score (nSPS) is 13.2. The summed E-state index contributed by atoms with van der Waals surface area (Å²) in [4.78, 5) is 2.81. The van der Waals surface area contributed by atoms with Crippen LogP contribution in [0.5, 0.6) is 0 Å². The highest BCUT2D eigenvalue weighted by Crippen LogP contribution is 2.46. The van der Waals surface area contributed by atoms with Gasteiger partial charge in [0.1, 0.15) is 0 Å². The Balaban J connectivity index is 2.81. The van der Waals surface area contributed by atoms with Gasteiger partial charge in [-0.25, -0.2) is 9.37 Å². The molecule has 0 unspecified atom stereocenters. The number of rotatable bonds is 2. The molecule has 0 bridgehead atoms. The molecule has 24 heavy (non-hydrogen) atoms. The van der Waals surface area contributed by atoms with Gasteiger partial charge in [-0.05, 0) is 6.07 Å². The Kier molecular flexibility index (Phi) is 4.28. The van der Waals surface area contributed by atoms with Crippen LogP contribution < -0.4 is 0 Å². The van der Waals surface area contributed by atoms with Crippen molar-refractivity contribution in [2.75, 3.05) is 0 Å². The first kappa shape index (κ1) is 18.1. The maximum absolute atomic E-state index is 13.7. The quantitative estimate of drug-likeness (QED) is 0.640. The van der Waals surface area contributed by atoms with Crippen LogP contribution in [0.15, 0.2) is 36.4 Å². The minimum Gasteiger partial charge on any atom is -0.243 e. The van der Waals surface area contributed by atoms with Gasteiger partial charge >= 0.3 is 18.3 Å². The summed E-state index contributed by atoms with van der Waals surface area (Å²) in [5, 5.41) is 0.